The van der Waals surface area contributed by atoms with Crippen LogP contribution in [0.4, 0.5) is 10.1 Å². The third-order valence-corrected chi connectivity index (χ3v) is 5.24. The summed E-state index contributed by atoms with van der Waals surface area (Å²) >= 11 is 12.0. The Hall–Kier alpha value is -1.66. The van der Waals surface area contributed by atoms with Gasteiger partial charge in [-0.2, -0.15) is 0 Å². The van der Waals surface area contributed by atoms with Gasteiger partial charge in [-0.3, -0.25) is 9.69 Å². The van der Waals surface area contributed by atoms with E-state index < -0.39 is 0 Å². The molecule has 7 heteroatoms. The maximum absolute atomic E-state index is 13.8. The fraction of sp³-hybridized carbons (Fsp3) is 0.350. The molecule has 1 amide bonds. The second kappa shape index (κ2) is 9.51. The van der Waals surface area contributed by atoms with E-state index in [0.29, 0.717) is 35.2 Å². The molecule has 144 valence electrons. The number of amides is 1. The first kappa shape index (κ1) is 20.1. The Bertz CT molecular complexity index is 795. The van der Waals surface area contributed by atoms with E-state index in [2.05, 4.69) is 15.1 Å². The third-order valence-electron chi connectivity index (χ3n) is 4.67. The van der Waals surface area contributed by atoms with E-state index in [1.807, 2.05) is 12.1 Å². The summed E-state index contributed by atoms with van der Waals surface area (Å²) in [5.74, 6) is -0.246. The van der Waals surface area contributed by atoms with Crippen molar-refractivity contribution in [3.8, 4) is 0 Å². The van der Waals surface area contributed by atoms with Crippen LogP contribution in [0.3, 0.4) is 0 Å². The van der Waals surface area contributed by atoms with Crippen molar-refractivity contribution in [1.82, 2.24) is 9.80 Å². The molecule has 0 saturated carbocycles. The van der Waals surface area contributed by atoms with Crippen LogP contribution in [-0.4, -0.2) is 48.4 Å². The molecule has 27 heavy (non-hydrogen) atoms. The summed E-state index contributed by atoms with van der Waals surface area (Å²) in [5, 5.41) is 3.80. The maximum Gasteiger partial charge on any atom is 0.225 e. The number of hydrogen-bond acceptors (Lipinski definition) is 3. The molecule has 0 aliphatic carbocycles. The molecule has 0 aromatic heterocycles. The average molecular weight is 410 g/mol. The number of piperazine rings is 1. The number of hydrogen-bond donors (Lipinski definition) is 1. The Labute approximate surface area is 168 Å². The lowest BCUT2D eigenvalue weighted by Crippen LogP contribution is -2.46. The highest BCUT2D eigenvalue weighted by Gasteiger charge is 2.18. The molecule has 1 heterocycles. The molecule has 1 N–H and O–H groups in total. The van der Waals surface area contributed by atoms with Crippen LogP contribution in [0.5, 0.6) is 0 Å². The molecule has 1 aliphatic rings. The minimum atomic E-state index is -0.156. The summed E-state index contributed by atoms with van der Waals surface area (Å²) in [4.78, 5) is 16.7. The van der Waals surface area contributed by atoms with E-state index in [1.165, 1.54) is 6.07 Å². The maximum atomic E-state index is 13.8. The van der Waals surface area contributed by atoms with Gasteiger partial charge in [0.2, 0.25) is 5.91 Å². The van der Waals surface area contributed by atoms with Gasteiger partial charge >= 0.3 is 0 Å². The standard InChI is InChI=1S/C20H22Cl2FN3O/c21-16-5-6-17(22)19(13-16)24-20(27)7-8-25-9-11-26(12-10-25)14-15-3-1-2-4-18(15)23/h1-6,13H,7-12,14H2,(H,24,27). The van der Waals surface area contributed by atoms with Crippen molar-refractivity contribution in [2.45, 2.75) is 13.0 Å². The molecule has 0 bridgehead atoms. The molecule has 2 aromatic rings. The Balaban J connectivity index is 1.41. The van der Waals surface area contributed by atoms with Gasteiger partial charge in [0.1, 0.15) is 5.82 Å². The van der Waals surface area contributed by atoms with Gasteiger partial charge in [0.25, 0.3) is 0 Å². The van der Waals surface area contributed by atoms with Crippen LogP contribution in [0.1, 0.15) is 12.0 Å². The molecular formula is C20H22Cl2FN3O. The number of nitrogens with zero attached hydrogens (tertiary/aromatic N) is 2. The van der Waals surface area contributed by atoms with Crippen molar-refractivity contribution in [2.24, 2.45) is 0 Å². The smallest absolute Gasteiger partial charge is 0.225 e. The van der Waals surface area contributed by atoms with Crippen molar-refractivity contribution in [3.05, 3.63) is 63.9 Å². The number of rotatable bonds is 6. The molecular weight excluding hydrogens is 388 g/mol. The van der Waals surface area contributed by atoms with Gasteiger partial charge in [0.15, 0.2) is 0 Å². The molecule has 0 spiro atoms. The molecule has 0 atom stereocenters. The second-order valence-corrected chi connectivity index (χ2v) is 7.48. The van der Waals surface area contributed by atoms with Crippen LogP contribution < -0.4 is 5.32 Å². The normalized spacial score (nSPS) is 15.7. The summed E-state index contributed by atoms with van der Waals surface area (Å²) in [6.07, 6.45) is 0.385. The zero-order chi connectivity index (χ0) is 19.2. The van der Waals surface area contributed by atoms with Gasteiger partial charge in [-0.1, -0.05) is 41.4 Å². The zero-order valence-corrected chi connectivity index (χ0v) is 16.4. The van der Waals surface area contributed by atoms with Crippen molar-refractivity contribution >= 4 is 34.8 Å². The van der Waals surface area contributed by atoms with Crippen LogP contribution in [0.25, 0.3) is 0 Å². The van der Waals surface area contributed by atoms with Crippen LogP contribution in [0, 0.1) is 5.82 Å². The largest absolute Gasteiger partial charge is 0.325 e. The molecule has 4 nitrogen and oxygen atoms in total. The molecule has 2 aromatic carbocycles. The summed E-state index contributed by atoms with van der Waals surface area (Å²) in [5.41, 5.74) is 1.26. The Kier molecular flexibility index (Phi) is 7.07. The van der Waals surface area contributed by atoms with Gasteiger partial charge in [0.05, 0.1) is 10.7 Å². The zero-order valence-electron chi connectivity index (χ0n) is 14.9. The van der Waals surface area contributed by atoms with Gasteiger partial charge in [-0.25, -0.2) is 4.39 Å². The predicted octanol–water partition coefficient (Wildman–Crippen LogP) is 4.28. The average Bonchev–Trinajstić information content (AvgIpc) is 2.66. The minimum Gasteiger partial charge on any atom is -0.325 e. The molecule has 1 saturated heterocycles. The third kappa shape index (κ3) is 5.91. The highest BCUT2D eigenvalue weighted by Crippen LogP contribution is 2.25. The summed E-state index contributed by atoms with van der Waals surface area (Å²) < 4.78 is 13.8. The summed E-state index contributed by atoms with van der Waals surface area (Å²) in [6, 6.07) is 11.9. The number of benzene rings is 2. The lowest BCUT2D eigenvalue weighted by molar-refractivity contribution is -0.116. The monoisotopic (exact) mass is 409 g/mol. The lowest BCUT2D eigenvalue weighted by atomic mass is 10.2. The highest BCUT2D eigenvalue weighted by molar-refractivity contribution is 6.35. The molecule has 0 radical (unpaired) electrons. The van der Waals surface area contributed by atoms with Crippen LogP contribution in [0.15, 0.2) is 42.5 Å². The van der Waals surface area contributed by atoms with Crippen LogP contribution in [-0.2, 0) is 11.3 Å². The summed E-state index contributed by atoms with van der Waals surface area (Å²) in [7, 11) is 0. The first-order valence-corrected chi connectivity index (χ1v) is 9.70. The first-order chi connectivity index (χ1) is 13.0. The number of carbonyl (C=O) groups is 1. The van der Waals surface area contributed by atoms with Crippen molar-refractivity contribution < 1.29 is 9.18 Å². The van der Waals surface area contributed by atoms with Crippen molar-refractivity contribution in [3.63, 3.8) is 0 Å². The fourth-order valence-electron chi connectivity index (χ4n) is 3.10. The minimum absolute atomic E-state index is 0.0899. The molecule has 1 aliphatic heterocycles. The predicted molar refractivity (Wildman–Crippen MR) is 108 cm³/mol. The quantitative estimate of drug-likeness (QED) is 0.773. The Morgan fingerprint density at radius 1 is 1.04 bits per heavy atom. The van der Waals surface area contributed by atoms with E-state index in [4.69, 9.17) is 23.2 Å². The first-order valence-electron chi connectivity index (χ1n) is 8.94. The van der Waals surface area contributed by atoms with E-state index in [0.717, 1.165) is 31.7 Å². The van der Waals surface area contributed by atoms with E-state index in [1.54, 1.807) is 24.3 Å². The topological polar surface area (TPSA) is 35.6 Å². The molecule has 1 fully saturated rings. The number of carbonyl (C=O) groups excluding carboxylic acids is 1. The van der Waals surface area contributed by atoms with E-state index in [9.17, 15) is 9.18 Å². The SMILES string of the molecule is O=C(CCN1CCN(Cc2ccccc2F)CC1)Nc1cc(Cl)ccc1Cl. The highest BCUT2D eigenvalue weighted by atomic mass is 35.5. The number of nitrogens with one attached hydrogen (secondary N) is 1. The Morgan fingerprint density at radius 2 is 1.74 bits per heavy atom. The Morgan fingerprint density at radius 3 is 2.48 bits per heavy atom. The summed E-state index contributed by atoms with van der Waals surface area (Å²) in [6.45, 7) is 4.73. The van der Waals surface area contributed by atoms with Gasteiger partial charge < -0.3 is 10.2 Å². The van der Waals surface area contributed by atoms with E-state index in [-0.39, 0.29) is 11.7 Å². The van der Waals surface area contributed by atoms with Gasteiger partial charge in [-0.15, -0.1) is 0 Å². The molecule has 0 unspecified atom stereocenters. The number of anilines is 1. The van der Waals surface area contributed by atoms with E-state index >= 15 is 0 Å². The number of halogens is 3. The fourth-order valence-corrected chi connectivity index (χ4v) is 3.44. The van der Waals surface area contributed by atoms with Crippen LogP contribution in [0.2, 0.25) is 10.0 Å². The van der Waals surface area contributed by atoms with Crippen molar-refractivity contribution in [1.29, 1.82) is 0 Å². The van der Waals surface area contributed by atoms with Gasteiger partial charge in [-0.05, 0) is 24.3 Å². The van der Waals surface area contributed by atoms with Crippen molar-refractivity contribution in [2.75, 3.05) is 38.0 Å². The lowest BCUT2D eigenvalue weighted by Gasteiger charge is -2.34. The molecule has 3 rings (SSSR count). The second-order valence-electron chi connectivity index (χ2n) is 6.63. The van der Waals surface area contributed by atoms with Crippen LogP contribution >= 0.6 is 23.2 Å². The van der Waals surface area contributed by atoms with Gasteiger partial charge in [0, 0.05) is 56.3 Å².